The number of aromatic nitrogens is 2. The minimum Gasteiger partial charge on any atom is -0.467 e. The molecule has 3 rings (SSSR count). The molecule has 0 saturated heterocycles. The fourth-order valence-electron chi connectivity index (χ4n) is 4.47. The second kappa shape index (κ2) is 8.69. The van der Waals surface area contributed by atoms with Gasteiger partial charge in [0, 0.05) is 13.0 Å². The van der Waals surface area contributed by atoms with Crippen molar-refractivity contribution in [3.8, 4) is 0 Å². The summed E-state index contributed by atoms with van der Waals surface area (Å²) < 4.78 is 6.57. The van der Waals surface area contributed by atoms with Gasteiger partial charge in [-0.15, -0.1) is 0 Å². The maximum absolute atomic E-state index is 12.8. The van der Waals surface area contributed by atoms with Crippen molar-refractivity contribution in [2.24, 2.45) is 13.0 Å². The predicted molar refractivity (Wildman–Crippen MR) is 98.9 cm³/mol. The molecule has 1 heterocycles. The number of carbonyl (C=O) groups excluding carboxylic acids is 2. The van der Waals surface area contributed by atoms with Crippen molar-refractivity contribution >= 4 is 11.9 Å². The number of rotatable bonds is 6. The topological polar surface area (TPSA) is 73.2 Å². The Labute approximate surface area is 155 Å². The Kier molecular flexibility index (Phi) is 6.33. The van der Waals surface area contributed by atoms with Gasteiger partial charge in [-0.3, -0.25) is 9.48 Å². The Morgan fingerprint density at radius 1 is 1.19 bits per heavy atom. The van der Waals surface area contributed by atoms with Crippen molar-refractivity contribution in [1.82, 2.24) is 15.1 Å². The SMILES string of the molecule is COC(=O)C(CC1CCCCC1)NC(=O)c1cc(C2CCCC2)nn1C. The number of hydrogen-bond acceptors (Lipinski definition) is 4. The Balaban J connectivity index is 1.67. The molecule has 2 aliphatic carbocycles. The van der Waals surface area contributed by atoms with Crippen LogP contribution < -0.4 is 5.32 Å². The molecular formula is C20H31N3O3. The molecule has 0 radical (unpaired) electrons. The molecule has 1 unspecified atom stereocenters. The molecule has 1 atom stereocenters. The zero-order valence-electron chi connectivity index (χ0n) is 16.0. The largest absolute Gasteiger partial charge is 0.467 e. The van der Waals surface area contributed by atoms with Crippen molar-refractivity contribution in [3.05, 3.63) is 17.5 Å². The first kappa shape index (κ1) is 18.9. The molecule has 6 nitrogen and oxygen atoms in total. The van der Waals surface area contributed by atoms with Gasteiger partial charge in [0.25, 0.3) is 5.91 Å². The monoisotopic (exact) mass is 361 g/mol. The molecule has 6 heteroatoms. The average molecular weight is 361 g/mol. The second-order valence-electron chi connectivity index (χ2n) is 7.85. The van der Waals surface area contributed by atoms with Gasteiger partial charge in [-0.2, -0.15) is 5.10 Å². The summed E-state index contributed by atoms with van der Waals surface area (Å²) in [6.07, 6.45) is 11.3. The molecule has 26 heavy (non-hydrogen) atoms. The van der Waals surface area contributed by atoms with Gasteiger partial charge in [0.2, 0.25) is 0 Å². The van der Waals surface area contributed by atoms with E-state index in [-0.39, 0.29) is 11.9 Å². The average Bonchev–Trinajstić information content (AvgIpc) is 3.30. The van der Waals surface area contributed by atoms with Crippen LogP contribution in [0.25, 0.3) is 0 Å². The lowest BCUT2D eigenvalue weighted by molar-refractivity contribution is -0.143. The van der Waals surface area contributed by atoms with E-state index in [1.165, 1.54) is 39.2 Å². The highest BCUT2D eigenvalue weighted by Crippen LogP contribution is 2.33. The lowest BCUT2D eigenvalue weighted by Crippen LogP contribution is -2.43. The van der Waals surface area contributed by atoms with Gasteiger partial charge >= 0.3 is 5.97 Å². The van der Waals surface area contributed by atoms with E-state index in [9.17, 15) is 9.59 Å². The van der Waals surface area contributed by atoms with Crippen LogP contribution in [0.1, 0.15) is 86.3 Å². The number of methoxy groups -OCH3 is 1. The van der Waals surface area contributed by atoms with Crippen molar-refractivity contribution < 1.29 is 14.3 Å². The maximum Gasteiger partial charge on any atom is 0.328 e. The maximum atomic E-state index is 12.8. The predicted octanol–water partition coefficient (Wildman–Crippen LogP) is 3.32. The smallest absolute Gasteiger partial charge is 0.328 e. The molecule has 1 N–H and O–H groups in total. The summed E-state index contributed by atoms with van der Waals surface area (Å²) in [4.78, 5) is 25.0. The third kappa shape index (κ3) is 4.46. The van der Waals surface area contributed by atoms with E-state index in [4.69, 9.17) is 4.74 Å². The third-order valence-electron chi connectivity index (χ3n) is 5.99. The highest BCUT2D eigenvalue weighted by molar-refractivity contribution is 5.95. The summed E-state index contributed by atoms with van der Waals surface area (Å²) in [6, 6.07) is 1.31. The lowest BCUT2D eigenvalue weighted by atomic mass is 9.85. The molecule has 0 aromatic carbocycles. The number of hydrogen-bond donors (Lipinski definition) is 1. The molecule has 2 aliphatic rings. The third-order valence-corrected chi connectivity index (χ3v) is 5.99. The zero-order valence-corrected chi connectivity index (χ0v) is 16.0. The minimum absolute atomic E-state index is 0.240. The molecule has 1 aromatic heterocycles. The van der Waals surface area contributed by atoms with Gasteiger partial charge in [-0.05, 0) is 31.2 Å². The zero-order chi connectivity index (χ0) is 18.5. The normalized spacial score (nSPS) is 20.1. The first-order chi connectivity index (χ1) is 12.6. The number of aryl methyl sites for hydroxylation is 1. The molecule has 144 valence electrons. The summed E-state index contributed by atoms with van der Waals surface area (Å²) in [7, 11) is 3.17. The van der Waals surface area contributed by atoms with E-state index in [2.05, 4.69) is 10.4 Å². The van der Waals surface area contributed by atoms with Gasteiger partial charge in [0.15, 0.2) is 0 Å². The molecule has 1 amide bonds. The molecule has 0 spiro atoms. The van der Waals surface area contributed by atoms with E-state index >= 15 is 0 Å². The van der Waals surface area contributed by atoms with Crippen LogP contribution in [0, 0.1) is 5.92 Å². The highest BCUT2D eigenvalue weighted by atomic mass is 16.5. The summed E-state index contributed by atoms with van der Waals surface area (Å²) in [6.45, 7) is 0. The number of carbonyl (C=O) groups is 2. The van der Waals surface area contributed by atoms with E-state index in [0.29, 0.717) is 24.0 Å². The Bertz CT molecular complexity index is 628. The number of nitrogens with one attached hydrogen (secondary N) is 1. The Morgan fingerprint density at radius 2 is 1.85 bits per heavy atom. The molecule has 0 bridgehead atoms. The minimum atomic E-state index is -0.583. The standard InChI is InChI=1S/C20H31N3O3/c1-23-18(13-16(22-23)15-10-6-7-11-15)19(24)21-17(20(25)26-2)12-14-8-4-3-5-9-14/h13-15,17H,3-12H2,1-2H3,(H,21,24). The van der Waals surface area contributed by atoms with Crippen LogP contribution in [0.3, 0.4) is 0 Å². The van der Waals surface area contributed by atoms with Crippen molar-refractivity contribution in [3.63, 3.8) is 0 Å². The molecule has 0 aliphatic heterocycles. The Morgan fingerprint density at radius 3 is 2.50 bits per heavy atom. The van der Waals surface area contributed by atoms with Crippen LogP contribution >= 0.6 is 0 Å². The van der Waals surface area contributed by atoms with Crippen molar-refractivity contribution in [1.29, 1.82) is 0 Å². The van der Waals surface area contributed by atoms with Gasteiger partial charge in [0.05, 0.1) is 12.8 Å². The van der Waals surface area contributed by atoms with Crippen LogP contribution in [0.15, 0.2) is 6.07 Å². The van der Waals surface area contributed by atoms with Crippen LogP contribution in [0.2, 0.25) is 0 Å². The van der Waals surface area contributed by atoms with Gasteiger partial charge in [-0.1, -0.05) is 44.9 Å². The van der Waals surface area contributed by atoms with E-state index in [1.807, 2.05) is 6.07 Å². The lowest BCUT2D eigenvalue weighted by Gasteiger charge is -2.25. The quantitative estimate of drug-likeness (QED) is 0.789. The molecule has 2 saturated carbocycles. The van der Waals surface area contributed by atoms with Crippen molar-refractivity contribution in [2.45, 2.75) is 76.2 Å². The summed E-state index contributed by atoms with van der Waals surface area (Å²) >= 11 is 0. The first-order valence-corrected chi connectivity index (χ1v) is 10.0. The van der Waals surface area contributed by atoms with Crippen LogP contribution in [0.4, 0.5) is 0 Å². The van der Waals surface area contributed by atoms with Crippen LogP contribution in [0.5, 0.6) is 0 Å². The summed E-state index contributed by atoms with van der Waals surface area (Å²) in [5, 5.41) is 7.44. The Hall–Kier alpha value is -1.85. The highest BCUT2D eigenvalue weighted by Gasteiger charge is 2.29. The van der Waals surface area contributed by atoms with Gasteiger partial charge < -0.3 is 10.1 Å². The van der Waals surface area contributed by atoms with E-state index in [1.54, 1.807) is 11.7 Å². The molecular weight excluding hydrogens is 330 g/mol. The second-order valence-corrected chi connectivity index (χ2v) is 7.85. The van der Waals surface area contributed by atoms with Crippen LogP contribution in [-0.2, 0) is 16.6 Å². The summed E-state index contributed by atoms with van der Waals surface area (Å²) in [5.41, 5.74) is 1.52. The summed E-state index contributed by atoms with van der Waals surface area (Å²) in [5.74, 6) is 0.340. The first-order valence-electron chi connectivity index (χ1n) is 10.0. The molecule has 2 fully saturated rings. The molecule has 1 aromatic rings. The number of esters is 1. The number of amides is 1. The fraction of sp³-hybridized carbons (Fsp3) is 0.750. The van der Waals surface area contributed by atoms with E-state index < -0.39 is 6.04 Å². The van der Waals surface area contributed by atoms with Crippen LogP contribution in [-0.4, -0.2) is 34.8 Å². The fourth-order valence-corrected chi connectivity index (χ4v) is 4.47. The number of nitrogens with zero attached hydrogens (tertiary/aromatic N) is 2. The van der Waals surface area contributed by atoms with Crippen molar-refractivity contribution in [2.75, 3.05) is 7.11 Å². The van der Waals surface area contributed by atoms with E-state index in [0.717, 1.165) is 31.4 Å². The van der Waals surface area contributed by atoms with Gasteiger partial charge in [-0.25, -0.2) is 4.79 Å². The number of ether oxygens (including phenoxy) is 1. The van der Waals surface area contributed by atoms with Gasteiger partial charge in [0.1, 0.15) is 11.7 Å².